The number of aryl methyl sites for hydroxylation is 1. The van der Waals surface area contributed by atoms with Crippen molar-refractivity contribution in [1.82, 2.24) is 0 Å². The number of hydrogen-bond donors (Lipinski definition) is 1. The summed E-state index contributed by atoms with van der Waals surface area (Å²) in [4.78, 5) is 1.43. The Hall–Kier alpha value is -1.03. The van der Waals surface area contributed by atoms with Crippen molar-refractivity contribution in [2.45, 2.75) is 32.4 Å². The van der Waals surface area contributed by atoms with Crippen molar-refractivity contribution in [3.05, 3.63) is 50.7 Å². The molecule has 106 valence electrons. The molecular formula is C16H18ClNOS. The third-order valence-electron chi connectivity index (χ3n) is 3.66. The van der Waals surface area contributed by atoms with Crippen molar-refractivity contribution >= 4 is 28.6 Å². The van der Waals surface area contributed by atoms with E-state index in [1.54, 1.807) is 11.3 Å². The van der Waals surface area contributed by atoms with Crippen LogP contribution in [0.5, 0.6) is 0 Å². The first-order valence-electron chi connectivity index (χ1n) is 6.98. The minimum absolute atomic E-state index is 0.372. The summed E-state index contributed by atoms with van der Waals surface area (Å²) >= 11 is 7.83. The summed E-state index contributed by atoms with van der Waals surface area (Å²) in [7, 11) is 0. The fourth-order valence-corrected chi connectivity index (χ4v) is 4.02. The van der Waals surface area contributed by atoms with Crippen LogP contribution in [0.2, 0.25) is 4.34 Å². The van der Waals surface area contributed by atoms with Crippen molar-refractivity contribution in [3.8, 4) is 0 Å². The maximum absolute atomic E-state index is 6.12. The number of hydrogen-bond acceptors (Lipinski definition) is 3. The van der Waals surface area contributed by atoms with E-state index in [2.05, 4.69) is 35.6 Å². The molecule has 1 aromatic heterocycles. The standard InChI is InChI=1S/C16H18ClNOS/c1-2-19-10-11-5-3-4-6-13(11)18-14-7-8-15-12(14)9-16(17)20-15/h3-6,9,14,18H,2,7-8,10H2,1H3. The van der Waals surface area contributed by atoms with Gasteiger partial charge in [-0.1, -0.05) is 29.8 Å². The number of anilines is 1. The van der Waals surface area contributed by atoms with Crippen LogP contribution < -0.4 is 5.32 Å². The molecule has 2 nitrogen and oxygen atoms in total. The number of ether oxygens (including phenoxy) is 1. The topological polar surface area (TPSA) is 21.3 Å². The van der Waals surface area contributed by atoms with E-state index >= 15 is 0 Å². The predicted octanol–water partition coefficient (Wildman–Crippen LogP) is 5.04. The number of nitrogens with one attached hydrogen (secondary N) is 1. The molecule has 0 spiro atoms. The lowest BCUT2D eigenvalue weighted by atomic mass is 10.1. The molecule has 0 aliphatic heterocycles. The van der Waals surface area contributed by atoms with E-state index in [0.29, 0.717) is 12.6 Å². The van der Waals surface area contributed by atoms with E-state index in [0.717, 1.165) is 23.8 Å². The second-order valence-corrected chi connectivity index (χ2v) is 6.73. The van der Waals surface area contributed by atoms with Crippen molar-refractivity contribution in [2.24, 2.45) is 0 Å². The van der Waals surface area contributed by atoms with E-state index in [1.807, 2.05) is 6.92 Å². The smallest absolute Gasteiger partial charge is 0.0934 e. The first-order chi connectivity index (χ1) is 9.78. The Morgan fingerprint density at radius 3 is 3.10 bits per heavy atom. The summed E-state index contributed by atoms with van der Waals surface area (Å²) in [6.07, 6.45) is 2.26. The normalized spacial score (nSPS) is 17.2. The van der Waals surface area contributed by atoms with Gasteiger partial charge in [0.15, 0.2) is 0 Å². The number of para-hydroxylation sites is 1. The van der Waals surface area contributed by atoms with Crippen molar-refractivity contribution in [1.29, 1.82) is 0 Å². The summed E-state index contributed by atoms with van der Waals surface area (Å²) < 4.78 is 6.43. The Bertz CT molecular complexity index is 596. The molecule has 1 N–H and O–H groups in total. The quantitative estimate of drug-likeness (QED) is 0.835. The third kappa shape index (κ3) is 2.85. The summed E-state index contributed by atoms with van der Waals surface area (Å²) in [5.41, 5.74) is 3.75. The van der Waals surface area contributed by atoms with Crippen LogP contribution in [0.15, 0.2) is 30.3 Å². The van der Waals surface area contributed by atoms with Crippen LogP contribution in [0.25, 0.3) is 0 Å². The third-order valence-corrected chi connectivity index (χ3v) is 5.00. The van der Waals surface area contributed by atoms with Crippen LogP contribution in [0.1, 0.15) is 35.4 Å². The van der Waals surface area contributed by atoms with Crippen LogP contribution in [-0.2, 0) is 17.8 Å². The van der Waals surface area contributed by atoms with Gasteiger partial charge in [0.2, 0.25) is 0 Å². The largest absolute Gasteiger partial charge is 0.378 e. The molecule has 1 atom stereocenters. The second-order valence-electron chi connectivity index (χ2n) is 4.96. The van der Waals surface area contributed by atoms with E-state index < -0.39 is 0 Å². The molecule has 1 unspecified atom stereocenters. The molecule has 0 amide bonds. The van der Waals surface area contributed by atoms with Gasteiger partial charge in [-0.3, -0.25) is 0 Å². The minimum Gasteiger partial charge on any atom is -0.378 e. The van der Waals surface area contributed by atoms with Gasteiger partial charge in [-0.25, -0.2) is 0 Å². The average Bonchev–Trinajstić information content (AvgIpc) is 2.98. The van der Waals surface area contributed by atoms with Crippen molar-refractivity contribution < 1.29 is 4.74 Å². The van der Waals surface area contributed by atoms with Crippen LogP contribution in [0.3, 0.4) is 0 Å². The highest BCUT2D eigenvalue weighted by atomic mass is 35.5. The molecular weight excluding hydrogens is 290 g/mol. The second kappa shape index (κ2) is 6.17. The molecule has 1 aliphatic rings. The lowest BCUT2D eigenvalue weighted by Gasteiger charge is -2.17. The van der Waals surface area contributed by atoms with Gasteiger partial charge in [-0.2, -0.15) is 0 Å². The number of benzene rings is 1. The Labute approximate surface area is 128 Å². The van der Waals surface area contributed by atoms with Gasteiger partial charge in [0.05, 0.1) is 17.0 Å². The van der Waals surface area contributed by atoms with Crippen molar-refractivity contribution in [3.63, 3.8) is 0 Å². The zero-order chi connectivity index (χ0) is 13.9. The maximum Gasteiger partial charge on any atom is 0.0934 e. The molecule has 1 heterocycles. The molecule has 0 fully saturated rings. The molecule has 1 aliphatic carbocycles. The number of rotatable bonds is 5. The highest BCUT2D eigenvalue weighted by Crippen LogP contribution is 2.41. The summed E-state index contributed by atoms with van der Waals surface area (Å²) in [5, 5.41) is 3.66. The predicted molar refractivity (Wildman–Crippen MR) is 85.8 cm³/mol. The Morgan fingerprint density at radius 1 is 1.40 bits per heavy atom. The van der Waals surface area contributed by atoms with Crippen LogP contribution in [-0.4, -0.2) is 6.61 Å². The van der Waals surface area contributed by atoms with Gasteiger partial charge in [0.1, 0.15) is 0 Å². The summed E-state index contributed by atoms with van der Waals surface area (Å²) in [5.74, 6) is 0. The lowest BCUT2D eigenvalue weighted by Crippen LogP contribution is -2.09. The molecule has 0 saturated heterocycles. The first-order valence-corrected chi connectivity index (χ1v) is 8.17. The fraction of sp³-hybridized carbons (Fsp3) is 0.375. The van der Waals surface area contributed by atoms with Gasteiger partial charge < -0.3 is 10.1 Å². The van der Waals surface area contributed by atoms with Crippen molar-refractivity contribution in [2.75, 3.05) is 11.9 Å². The van der Waals surface area contributed by atoms with E-state index in [4.69, 9.17) is 16.3 Å². The highest BCUT2D eigenvalue weighted by Gasteiger charge is 2.25. The number of thiophene rings is 1. The van der Waals surface area contributed by atoms with Gasteiger partial charge >= 0.3 is 0 Å². The first kappa shape index (κ1) is 13.9. The zero-order valence-electron chi connectivity index (χ0n) is 11.5. The van der Waals surface area contributed by atoms with Gasteiger partial charge in [-0.05, 0) is 37.5 Å². The van der Waals surface area contributed by atoms with Crippen LogP contribution in [0.4, 0.5) is 5.69 Å². The SMILES string of the molecule is CCOCc1ccccc1NC1CCc2sc(Cl)cc21. The van der Waals surface area contributed by atoms with Gasteiger partial charge in [-0.15, -0.1) is 11.3 Å². The van der Waals surface area contributed by atoms with E-state index in [9.17, 15) is 0 Å². The molecule has 0 bridgehead atoms. The molecule has 20 heavy (non-hydrogen) atoms. The monoisotopic (exact) mass is 307 g/mol. The lowest BCUT2D eigenvalue weighted by molar-refractivity contribution is 0.134. The summed E-state index contributed by atoms with van der Waals surface area (Å²) in [6, 6.07) is 10.8. The fourth-order valence-electron chi connectivity index (χ4n) is 2.67. The minimum atomic E-state index is 0.372. The summed E-state index contributed by atoms with van der Waals surface area (Å²) in [6.45, 7) is 3.42. The average molecular weight is 308 g/mol. The molecule has 0 saturated carbocycles. The molecule has 2 aromatic rings. The molecule has 4 heteroatoms. The van der Waals surface area contributed by atoms with E-state index in [1.165, 1.54) is 21.7 Å². The van der Waals surface area contributed by atoms with Crippen LogP contribution >= 0.6 is 22.9 Å². The van der Waals surface area contributed by atoms with Gasteiger partial charge in [0.25, 0.3) is 0 Å². The number of fused-ring (bicyclic) bond motifs is 1. The van der Waals surface area contributed by atoms with Gasteiger partial charge in [0, 0.05) is 22.7 Å². The Balaban J connectivity index is 1.78. The Kier molecular flexibility index (Phi) is 4.29. The zero-order valence-corrected chi connectivity index (χ0v) is 13.1. The van der Waals surface area contributed by atoms with E-state index in [-0.39, 0.29) is 0 Å². The Morgan fingerprint density at radius 2 is 2.25 bits per heavy atom. The molecule has 0 radical (unpaired) electrons. The molecule has 3 rings (SSSR count). The van der Waals surface area contributed by atoms with Crippen LogP contribution in [0, 0.1) is 0 Å². The number of halogens is 1. The maximum atomic E-state index is 6.12. The highest BCUT2D eigenvalue weighted by molar-refractivity contribution is 7.16. The molecule has 1 aromatic carbocycles.